The van der Waals surface area contributed by atoms with Crippen LogP contribution in [0.1, 0.15) is 11.1 Å². The Morgan fingerprint density at radius 2 is 2.08 bits per heavy atom. The number of H-pyrrole nitrogens is 1. The number of hydrogen-bond acceptors (Lipinski definition) is 6. The minimum Gasteiger partial charge on any atom is -0.489 e. The Hall–Kier alpha value is -3.00. The topological polar surface area (TPSA) is 92.3 Å². The molecule has 8 heteroatoms. The first-order valence-corrected chi connectivity index (χ1v) is 8.17. The van der Waals surface area contributed by atoms with Crippen molar-refractivity contribution in [3.8, 4) is 5.75 Å². The highest BCUT2D eigenvalue weighted by molar-refractivity contribution is 9.10. The van der Waals surface area contributed by atoms with Gasteiger partial charge in [-0.3, -0.25) is 9.78 Å². The lowest BCUT2D eigenvalue weighted by Gasteiger charge is -2.07. The smallest absolute Gasteiger partial charge is 0.271 e. The first-order chi connectivity index (χ1) is 12.2. The summed E-state index contributed by atoms with van der Waals surface area (Å²) in [5.41, 5.74) is 4.18. The van der Waals surface area contributed by atoms with Crippen molar-refractivity contribution < 1.29 is 4.74 Å². The monoisotopic (exact) mass is 399 g/mol. The highest BCUT2D eigenvalue weighted by Gasteiger charge is 1.98. The molecule has 0 spiro atoms. The molecular formula is C17H14BrN5O2. The molecular weight excluding hydrogens is 386 g/mol. The number of nitrogens with one attached hydrogen (secondary N) is 2. The Bertz CT molecular complexity index is 925. The van der Waals surface area contributed by atoms with Crippen LogP contribution in [0.2, 0.25) is 0 Å². The number of hydrogen-bond donors (Lipinski definition) is 2. The fourth-order valence-electron chi connectivity index (χ4n) is 1.96. The molecule has 0 aliphatic rings. The van der Waals surface area contributed by atoms with E-state index in [0.717, 1.165) is 27.5 Å². The Morgan fingerprint density at radius 3 is 2.88 bits per heavy atom. The number of benzene rings is 2. The molecule has 0 saturated heterocycles. The zero-order valence-electron chi connectivity index (χ0n) is 13.0. The molecule has 0 fully saturated rings. The van der Waals surface area contributed by atoms with Crippen molar-refractivity contribution in [3.05, 3.63) is 80.7 Å². The van der Waals surface area contributed by atoms with Gasteiger partial charge in [0.15, 0.2) is 0 Å². The summed E-state index contributed by atoms with van der Waals surface area (Å²) in [5, 5.41) is 11.2. The van der Waals surface area contributed by atoms with E-state index >= 15 is 0 Å². The van der Waals surface area contributed by atoms with Crippen LogP contribution in [0.25, 0.3) is 0 Å². The lowest BCUT2D eigenvalue weighted by Crippen LogP contribution is -2.10. The van der Waals surface area contributed by atoms with Gasteiger partial charge in [0.05, 0.1) is 6.21 Å². The van der Waals surface area contributed by atoms with E-state index in [-0.39, 0.29) is 11.5 Å². The Morgan fingerprint density at radius 1 is 1.24 bits per heavy atom. The molecule has 1 aromatic heterocycles. The second-order valence-corrected chi connectivity index (χ2v) is 5.96. The van der Waals surface area contributed by atoms with Crippen molar-refractivity contribution in [3.63, 3.8) is 0 Å². The average molecular weight is 400 g/mol. The molecule has 0 aliphatic heterocycles. The molecule has 2 N–H and O–H groups in total. The summed E-state index contributed by atoms with van der Waals surface area (Å²) in [6.07, 6.45) is 2.68. The average Bonchev–Trinajstić information content (AvgIpc) is 2.62. The van der Waals surface area contributed by atoms with Gasteiger partial charge in [-0.2, -0.15) is 5.10 Å². The molecule has 7 nitrogen and oxygen atoms in total. The van der Waals surface area contributed by atoms with Crippen LogP contribution in [0.3, 0.4) is 0 Å². The standard InChI is InChI=1S/C17H14BrN5O2/c18-14-6-4-12(5-7-14)11-25-15-3-1-2-13(8-15)9-19-22-17-21-16(24)10-20-23-17/h1-10H,11H2,(H2,21,22,23,24)/b19-9+. The molecule has 2 aromatic carbocycles. The Kier molecular flexibility index (Phi) is 5.53. The minimum absolute atomic E-state index is 0.173. The number of nitrogens with zero attached hydrogens (tertiary/aromatic N) is 3. The van der Waals surface area contributed by atoms with Crippen LogP contribution >= 0.6 is 15.9 Å². The van der Waals surface area contributed by atoms with Gasteiger partial charge in [0.25, 0.3) is 5.56 Å². The minimum atomic E-state index is -0.351. The van der Waals surface area contributed by atoms with Crippen LogP contribution in [0.15, 0.2) is 69.1 Å². The van der Waals surface area contributed by atoms with Crippen LogP contribution in [-0.2, 0) is 6.61 Å². The van der Waals surface area contributed by atoms with Gasteiger partial charge in [-0.05, 0) is 35.4 Å². The molecule has 126 valence electrons. The van der Waals surface area contributed by atoms with Crippen LogP contribution < -0.4 is 15.7 Å². The molecule has 3 rings (SSSR count). The molecule has 3 aromatic rings. The van der Waals surface area contributed by atoms with Crippen molar-refractivity contribution in [2.45, 2.75) is 6.61 Å². The first kappa shape index (κ1) is 16.8. The fourth-order valence-corrected chi connectivity index (χ4v) is 2.23. The molecule has 0 amide bonds. The number of aromatic nitrogens is 3. The maximum Gasteiger partial charge on any atom is 0.271 e. The van der Waals surface area contributed by atoms with E-state index < -0.39 is 0 Å². The summed E-state index contributed by atoms with van der Waals surface area (Å²) in [5.74, 6) is 0.908. The van der Waals surface area contributed by atoms with E-state index in [2.05, 4.69) is 41.6 Å². The summed E-state index contributed by atoms with van der Waals surface area (Å²) < 4.78 is 6.82. The van der Waals surface area contributed by atoms with Crippen molar-refractivity contribution in [2.24, 2.45) is 5.10 Å². The lowest BCUT2D eigenvalue weighted by molar-refractivity contribution is 0.306. The molecule has 25 heavy (non-hydrogen) atoms. The summed E-state index contributed by atoms with van der Waals surface area (Å²) in [6, 6.07) is 15.5. The maximum atomic E-state index is 11.1. The van der Waals surface area contributed by atoms with Gasteiger partial charge >= 0.3 is 0 Å². The van der Waals surface area contributed by atoms with Crippen LogP contribution in [0.4, 0.5) is 5.95 Å². The predicted octanol–water partition coefficient (Wildman–Crippen LogP) is 2.95. The number of rotatable bonds is 6. The normalized spacial score (nSPS) is 10.8. The molecule has 1 heterocycles. The van der Waals surface area contributed by atoms with Crippen molar-refractivity contribution in [1.29, 1.82) is 0 Å². The van der Waals surface area contributed by atoms with Crippen LogP contribution in [0, 0.1) is 0 Å². The molecule has 0 atom stereocenters. The summed E-state index contributed by atoms with van der Waals surface area (Å²) in [7, 11) is 0. The zero-order valence-corrected chi connectivity index (χ0v) is 14.6. The molecule has 0 unspecified atom stereocenters. The zero-order chi connectivity index (χ0) is 17.5. The van der Waals surface area contributed by atoms with E-state index in [1.54, 1.807) is 6.21 Å². The van der Waals surface area contributed by atoms with E-state index in [1.165, 1.54) is 0 Å². The lowest BCUT2D eigenvalue weighted by atomic mass is 10.2. The third kappa shape index (κ3) is 5.25. The summed E-state index contributed by atoms with van der Waals surface area (Å²) in [6.45, 7) is 0.479. The number of aromatic amines is 1. The highest BCUT2D eigenvalue weighted by atomic mass is 79.9. The first-order valence-electron chi connectivity index (χ1n) is 7.37. The van der Waals surface area contributed by atoms with Crippen molar-refractivity contribution in [2.75, 3.05) is 5.43 Å². The van der Waals surface area contributed by atoms with Gasteiger partial charge < -0.3 is 4.74 Å². The van der Waals surface area contributed by atoms with Crippen molar-refractivity contribution >= 4 is 28.1 Å². The number of hydrazone groups is 1. The van der Waals surface area contributed by atoms with E-state index in [1.807, 2.05) is 48.5 Å². The molecule has 0 aliphatic carbocycles. The van der Waals surface area contributed by atoms with Gasteiger partial charge in [-0.15, -0.1) is 10.2 Å². The van der Waals surface area contributed by atoms with E-state index in [0.29, 0.717) is 6.61 Å². The van der Waals surface area contributed by atoms with E-state index in [4.69, 9.17) is 4.74 Å². The largest absolute Gasteiger partial charge is 0.489 e. The second kappa shape index (κ2) is 8.20. The molecule has 0 saturated carbocycles. The number of anilines is 1. The maximum absolute atomic E-state index is 11.1. The SMILES string of the molecule is O=c1cnnc(N/N=C/c2cccc(OCc3ccc(Br)cc3)c2)[nH]1. The third-order valence-corrected chi connectivity index (χ3v) is 3.66. The molecule has 0 radical (unpaired) electrons. The quantitative estimate of drug-likeness (QED) is 0.490. The van der Waals surface area contributed by atoms with Crippen molar-refractivity contribution in [1.82, 2.24) is 15.2 Å². The number of halogens is 1. The van der Waals surface area contributed by atoms with Crippen LogP contribution in [0.5, 0.6) is 5.75 Å². The van der Waals surface area contributed by atoms with Crippen LogP contribution in [-0.4, -0.2) is 21.4 Å². The fraction of sp³-hybridized carbons (Fsp3) is 0.0588. The Labute approximate surface area is 151 Å². The molecule has 0 bridgehead atoms. The summed E-state index contributed by atoms with van der Waals surface area (Å²) in [4.78, 5) is 13.6. The van der Waals surface area contributed by atoms with Gasteiger partial charge in [0.2, 0.25) is 5.95 Å². The third-order valence-electron chi connectivity index (χ3n) is 3.14. The van der Waals surface area contributed by atoms with Gasteiger partial charge in [0.1, 0.15) is 18.6 Å². The van der Waals surface area contributed by atoms with Gasteiger partial charge in [-0.1, -0.05) is 40.2 Å². The second-order valence-electron chi connectivity index (χ2n) is 5.04. The van der Waals surface area contributed by atoms with Gasteiger partial charge in [0, 0.05) is 4.47 Å². The Balaban J connectivity index is 1.60. The van der Waals surface area contributed by atoms with E-state index in [9.17, 15) is 4.79 Å². The highest BCUT2D eigenvalue weighted by Crippen LogP contribution is 2.16. The number of ether oxygens (including phenoxy) is 1. The predicted molar refractivity (Wildman–Crippen MR) is 98.8 cm³/mol. The van der Waals surface area contributed by atoms with Gasteiger partial charge in [-0.25, -0.2) is 5.43 Å². The summed E-state index contributed by atoms with van der Waals surface area (Å²) >= 11 is 3.41.